The van der Waals surface area contributed by atoms with Crippen molar-refractivity contribution < 1.29 is 0 Å². The molecule has 76 valence electrons. The van der Waals surface area contributed by atoms with Gasteiger partial charge in [-0.05, 0) is 12.8 Å². The van der Waals surface area contributed by atoms with Crippen LogP contribution in [0.5, 0.6) is 0 Å². The number of allylic oxidation sites excluding steroid dienone is 2. The van der Waals surface area contributed by atoms with Gasteiger partial charge in [0.2, 0.25) is 0 Å². The number of rotatable bonds is 6. The van der Waals surface area contributed by atoms with Gasteiger partial charge in [-0.2, -0.15) is 0 Å². The monoisotopic (exact) mass is 236 g/mol. The van der Waals surface area contributed by atoms with Gasteiger partial charge < -0.3 is 0 Å². The van der Waals surface area contributed by atoms with Crippen molar-refractivity contribution >= 4 is 28.9 Å². The molecule has 0 atom stereocenters. The molecule has 0 rings (SSSR count). The first-order chi connectivity index (χ1) is 6.12. The average molecular weight is 237 g/mol. The molecule has 0 amide bonds. The quantitative estimate of drug-likeness (QED) is 0.464. The van der Waals surface area contributed by atoms with Crippen LogP contribution in [0.25, 0.3) is 0 Å². The van der Waals surface area contributed by atoms with Crippen LogP contribution in [-0.4, -0.2) is 6.69 Å². The molecule has 0 aromatic rings. The number of halogens is 2. The third kappa shape index (κ3) is 8.60. The summed E-state index contributed by atoms with van der Waals surface area (Å²) in [6, 6.07) is 0. The minimum atomic E-state index is -2.19. The van der Waals surface area contributed by atoms with Crippen LogP contribution in [0.4, 0.5) is 0 Å². The van der Waals surface area contributed by atoms with Crippen LogP contribution in [0.15, 0.2) is 23.6 Å². The second-order valence-corrected chi connectivity index (χ2v) is 9.41. The number of hydrogen-bond acceptors (Lipinski definition) is 0. The molecule has 0 spiro atoms. The molecule has 0 fully saturated rings. The molecule has 0 heterocycles. The third-order valence-corrected chi connectivity index (χ3v) is 4.46. The Bertz CT molecular complexity index is 156. The van der Waals surface area contributed by atoms with E-state index in [1.807, 2.05) is 11.4 Å². The molecule has 0 bridgehead atoms. The van der Waals surface area contributed by atoms with Crippen LogP contribution < -0.4 is 0 Å². The fourth-order valence-corrected chi connectivity index (χ4v) is 3.01. The van der Waals surface area contributed by atoms with E-state index in [0.29, 0.717) is 0 Å². The van der Waals surface area contributed by atoms with Crippen molar-refractivity contribution in [1.82, 2.24) is 0 Å². The van der Waals surface area contributed by atoms with Crippen molar-refractivity contribution in [1.29, 1.82) is 0 Å². The predicted octanol–water partition coefficient (Wildman–Crippen LogP) is 4.70. The molecule has 0 aliphatic heterocycles. The van der Waals surface area contributed by atoms with E-state index >= 15 is 0 Å². The molecule has 0 N–H and O–H groups in total. The molecule has 0 unspecified atom stereocenters. The topological polar surface area (TPSA) is 0 Å². The molecule has 0 saturated heterocycles. The molecule has 0 nitrogen and oxygen atoms in total. The van der Waals surface area contributed by atoms with Gasteiger partial charge in [0.1, 0.15) is 0 Å². The van der Waals surface area contributed by atoms with Crippen molar-refractivity contribution in [3.05, 3.63) is 23.6 Å². The maximum absolute atomic E-state index is 6.14. The van der Waals surface area contributed by atoms with Crippen LogP contribution in [-0.2, 0) is 0 Å². The number of hydrogen-bond donors (Lipinski definition) is 0. The summed E-state index contributed by atoms with van der Waals surface area (Å²) in [4.78, 5) is 0. The molecule has 0 aromatic heterocycles. The Morgan fingerprint density at radius 2 is 1.31 bits per heavy atom. The Labute approximate surface area is 92.0 Å². The SMILES string of the molecule is CCCC=C[Si](Cl)(Cl)C=CCCC. The van der Waals surface area contributed by atoms with Crippen molar-refractivity contribution in [2.75, 3.05) is 0 Å². The Kier molecular flexibility index (Phi) is 7.82. The molecular weight excluding hydrogens is 219 g/mol. The highest BCUT2D eigenvalue weighted by Crippen LogP contribution is 2.19. The van der Waals surface area contributed by atoms with Gasteiger partial charge in [0.25, 0.3) is 6.69 Å². The summed E-state index contributed by atoms with van der Waals surface area (Å²) in [5.74, 6) is 0. The molecule has 0 saturated carbocycles. The molecular formula is C10H18Cl2Si. The zero-order valence-electron chi connectivity index (χ0n) is 8.39. The number of unbranched alkanes of at least 4 members (excludes halogenated alkanes) is 2. The van der Waals surface area contributed by atoms with Gasteiger partial charge in [-0.15, -0.1) is 22.2 Å². The van der Waals surface area contributed by atoms with Crippen molar-refractivity contribution in [2.45, 2.75) is 39.5 Å². The summed E-state index contributed by atoms with van der Waals surface area (Å²) in [5.41, 5.74) is 3.96. The highest BCUT2D eigenvalue weighted by molar-refractivity contribution is 7.49. The summed E-state index contributed by atoms with van der Waals surface area (Å²) in [5, 5.41) is 0. The van der Waals surface area contributed by atoms with Crippen molar-refractivity contribution in [2.24, 2.45) is 0 Å². The minimum absolute atomic E-state index is 1.07. The van der Waals surface area contributed by atoms with E-state index in [9.17, 15) is 0 Å². The Morgan fingerprint density at radius 3 is 1.62 bits per heavy atom. The maximum atomic E-state index is 6.14. The first-order valence-corrected chi connectivity index (χ1v) is 9.03. The van der Waals surface area contributed by atoms with Crippen molar-refractivity contribution in [3.63, 3.8) is 0 Å². The lowest BCUT2D eigenvalue weighted by Crippen LogP contribution is -2.11. The third-order valence-electron chi connectivity index (χ3n) is 1.59. The van der Waals surface area contributed by atoms with Crippen LogP contribution in [0.2, 0.25) is 0 Å². The van der Waals surface area contributed by atoms with E-state index in [4.69, 9.17) is 22.2 Å². The fourth-order valence-electron chi connectivity index (χ4n) is 0.870. The summed E-state index contributed by atoms with van der Waals surface area (Å²) < 4.78 is 0. The van der Waals surface area contributed by atoms with Gasteiger partial charge in [-0.25, -0.2) is 0 Å². The van der Waals surface area contributed by atoms with Crippen molar-refractivity contribution in [3.8, 4) is 0 Å². The maximum Gasteiger partial charge on any atom is 0.295 e. The van der Waals surface area contributed by atoms with Crippen LogP contribution in [0, 0.1) is 0 Å². The first kappa shape index (κ1) is 13.3. The van der Waals surface area contributed by atoms with Crippen LogP contribution in [0.1, 0.15) is 39.5 Å². The predicted molar refractivity (Wildman–Crippen MR) is 65.6 cm³/mol. The standard InChI is InChI=1S/C10H18Cl2Si/c1-3-5-7-9-13(11,12)10-8-6-4-2/h7-10H,3-6H2,1-2H3. The van der Waals surface area contributed by atoms with Gasteiger partial charge in [0.15, 0.2) is 0 Å². The van der Waals surface area contributed by atoms with E-state index in [1.54, 1.807) is 0 Å². The molecule has 13 heavy (non-hydrogen) atoms. The summed E-state index contributed by atoms with van der Waals surface area (Å²) in [6.45, 7) is 2.09. The summed E-state index contributed by atoms with van der Waals surface area (Å²) in [6.07, 6.45) is 8.59. The lowest BCUT2D eigenvalue weighted by atomic mass is 10.3. The Hall–Kier alpha value is 0.277. The smallest absolute Gasteiger partial charge is 0.135 e. The molecule has 0 aliphatic carbocycles. The summed E-state index contributed by atoms with van der Waals surface area (Å²) in [7, 11) is 0. The lowest BCUT2D eigenvalue weighted by molar-refractivity contribution is 0.959. The fraction of sp³-hybridized carbons (Fsp3) is 0.600. The van der Waals surface area contributed by atoms with E-state index in [1.165, 1.54) is 0 Å². The molecule has 3 heteroatoms. The molecule has 0 radical (unpaired) electrons. The molecule has 0 aromatic carbocycles. The van der Waals surface area contributed by atoms with E-state index < -0.39 is 6.69 Å². The molecule has 0 aliphatic rings. The lowest BCUT2D eigenvalue weighted by Gasteiger charge is -2.04. The largest absolute Gasteiger partial charge is 0.295 e. The van der Waals surface area contributed by atoms with Gasteiger partial charge >= 0.3 is 0 Å². The summed E-state index contributed by atoms with van der Waals surface area (Å²) >= 11 is 12.3. The minimum Gasteiger partial charge on any atom is -0.135 e. The highest BCUT2D eigenvalue weighted by Gasteiger charge is 2.19. The Morgan fingerprint density at radius 1 is 0.923 bits per heavy atom. The second kappa shape index (κ2) is 7.66. The van der Waals surface area contributed by atoms with E-state index in [0.717, 1.165) is 25.7 Å². The van der Waals surface area contributed by atoms with E-state index in [-0.39, 0.29) is 0 Å². The van der Waals surface area contributed by atoms with Crippen LogP contribution in [0.3, 0.4) is 0 Å². The average Bonchev–Trinajstić information content (AvgIpc) is 2.05. The van der Waals surface area contributed by atoms with Gasteiger partial charge in [-0.3, -0.25) is 0 Å². The normalized spacial score (nSPS) is 13.2. The zero-order chi connectivity index (χ0) is 10.2. The van der Waals surface area contributed by atoms with Gasteiger partial charge in [0.05, 0.1) is 0 Å². The highest BCUT2D eigenvalue weighted by atomic mass is 35.7. The Balaban J connectivity index is 3.91. The van der Waals surface area contributed by atoms with Gasteiger partial charge in [0, 0.05) is 0 Å². The van der Waals surface area contributed by atoms with E-state index in [2.05, 4.69) is 26.0 Å². The van der Waals surface area contributed by atoms with Gasteiger partial charge in [-0.1, -0.05) is 50.2 Å². The van der Waals surface area contributed by atoms with Crippen LogP contribution >= 0.6 is 22.2 Å². The zero-order valence-corrected chi connectivity index (χ0v) is 10.9. The first-order valence-electron chi connectivity index (χ1n) is 4.85. The second-order valence-electron chi connectivity index (χ2n) is 3.06.